The molecule has 4 amide bonds. The maximum atomic E-state index is 13.4. The van der Waals surface area contributed by atoms with E-state index < -0.39 is 17.8 Å². The molecule has 1 aliphatic rings. The summed E-state index contributed by atoms with van der Waals surface area (Å²) in [6.45, 7) is 8.14. The van der Waals surface area contributed by atoms with E-state index in [4.69, 9.17) is 4.74 Å². The van der Waals surface area contributed by atoms with Crippen LogP contribution in [-0.2, 0) is 9.59 Å². The molecular formula is C26H24IN3O4. The first-order valence-electron chi connectivity index (χ1n) is 10.8. The minimum Gasteiger partial charge on any atom is -0.492 e. The minimum atomic E-state index is -0.806. The minimum absolute atomic E-state index is 0.120. The monoisotopic (exact) mass is 569 g/mol. The molecule has 4 rings (SSSR count). The number of urea groups is 1. The molecule has 174 valence electrons. The molecule has 0 atom stereocenters. The number of benzene rings is 2. The SMILES string of the molecule is CCOc1ccccc1N1C(=O)NC(=O)/C(=C/c2cc(C)n(-c3ccc(I)c(C)c3)c2C)C1=O. The number of nitrogens with zero attached hydrogens (tertiary/aromatic N) is 2. The van der Waals surface area contributed by atoms with Crippen molar-refractivity contribution < 1.29 is 19.1 Å². The summed E-state index contributed by atoms with van der Waals surface area (Å²) in [5.41, 5.74) is 4.89. The molecule has 2 heterocycles. The van der Waals surface area contributed by atoms with Crippen molar-refractivity contribution in [3.05, 3.63) is 80.2 Å². The number of aromatic nitrogens is 1. The van der Waals surface area contributed by atoms with Crippen molar-refractivity contribution in [2.24, 2.45) is 0 Å². The van der Waals surface area contributed by atoms with Crippen LogP contribution in [0.25, 0.3) is 11.8 Å². The highest BCUT2D eigenvalue weighted by Crippen LogP contribution is 2.32. The largest absolute Gasteiger partial charge is 0.492 e. The van der Waals surface area contributed by atoms with Gasteiger partial charge in [0, 0.05) is 20.6 Å². The molecule has 0 spiro atoms. The maximum absolute atomic E-state index is 13.4. The lowest BCUT2D eigenvalue weighted by Gasteiger charge is -2.27. The van der Waals surface area contributed by atoms with Gasteiger partial charge in [-0.25, -0.2) is 9.69 Å². The first-order valence-corrected chi connectivity index (χ1v) is 11.9. The number of aryl methyl sites for hydroxylation is 2. The van der Waals surface area contributed by atoms with E-state index in [1.807, 2.05) is 32.9 Å². The molecule has 7 nitrogen and oxygen atoms in total. The first-order chi connectivity index (χ1) is 16.2. The van der Waals surface area contributed by atoms with Crippen LogP contribution < -0.4 is 15.0 Å². The third-order valence-electron chi connectivity index (χ3n) is 5.68. The number of anilines is 1. The zero-order chi connectivity index (χ0) is 24.6. The van der Waals surface area contributed by atoms with E-state index in [1.54, 1.807) is 30.3 Å². The van der Waals surface area contributed by atoms with Gasteiger partial charge in [0.05, 0.1) is 12.3 Å². The van der Waals surface area contributed by atoms with Gasteiger partial charge in [-0.05, 0) is 104 Å². The normalized spacial score (nSPS) is 15.1. The molecule has 2 aromatic carbocycles. The number of halogens is 1. The maximum Gasteiger partial charge on any atom is 0.336 e. The smallest absolute Gasteiger partial charge is 0.336 e. The van der Waals surface area contributed by atoms with Gasteiger partial charge < -0.3 is 9.30 Å². The van der Waals surface area contributed by atoms with Gasteiger partial charge in [-0.1, -0.05) is 12.1 Å². The number of amides is 4. The molecule has 34 heavy (non-hydrogen) atoms. The van der Waals surface area contributed by atoms with E-state index in [2.05, 4.69) is 51.5 Å². The first kappa shape index (κ1) is 23.7. The van der Waals surface area contributed by atoms with Crippen LogP contribution in [0, 0.1) is 24.3 Å². The summed E-state index contributed by atoms with van der Waals surface area (Å²) in [4.78, 5) is 39.6. The Morgan fingerprint density at radius 2 is 1.76 bits per heavy atom. The summed E-state index contributed by atoms with van der Waals surface area (Å²) in [6.07, 6.45) is 1.54. The quantitative estimate of drug-likeness (QED) is 0.264. The van der Waals surface area contributed by atoms with Crippen molar-refractivity contribution in [1.82, 2.24) is 9.88 Å². The third-order valence-corrected chi connectivity index (χ3v) is 6.89. The lowest BCUT2D eigenvalue weighted by atomic mass is 10.1. The number of hydrogen-bond donors (Lipinski definition) is 1. The summed E-state index contributed by atoms with van der Waals surface area (Å²) in [5.74, 6) is -1.04. The van der Waals surface area contributed by atoms with Gasteiger partial charge in [0.2, 0.25) is 0 Å². The predicted octanol–water partition coefficient (Wildman–Crippen LogP) is 5.07. The number of carbonyl (C=O) groups is 3. The lowest BCUT2D eigenvalue weighted by Crippen LogP contribution is -2.54. The molecular weight excluding hydrogens is 545 g/mol. The second-order valence-electron chi connectivity index (χ2n) is 7.95. The molecule has 1 aliphatic heterocycles. The standard InChI is InChI=1S/C26H24IN3O4/c1-5-34-23-9-7-6-8-22(23)30-25(32)20(24(31)28-26(30)33)14-18-13-16(3)29(17(18)4)19-10-11-21(27)15(2)12-19/h6-14H,5H2,1-4H3,(H,28,31,33)/b20-14-. The molecule has 1 saturated heterocycles. The van der Waals surface area contributed by atoms with E-state index in [0.717, 1.165) is 33.1 Å². The Balaban J connectivity index is 1.77. The van der Waals surface area contributed by atoms with E-state index in [0.29, 0.717) is 12.4 Å². The zero-order valence-corrected chi connectivity index (χ0v) is 21.5. The van der Waals surface area contributed by atoms with Crippen LogP contribution in [-0.4, -0.2) is 29.0 Å². The van der Waals surface area contributed by atoms with Gasteiger partial charge in [0.25, 0.3) is 11.8 Å². The van der Waals surface area contributed by atoms with Crippen molar-refractivity contribution in [2.75, 3.05) is 11.5 Å². The Hall–Kier alpha value is -3.40. The molecule has 0 bridgehead atoms. The number of barbiturate groups is 1. The van der Waals surface area contributed by atoms with Gasteiger partial charge in [-0.15, -0.1) is 0 Å². The highest BCUT2D eigenvalue weighted by Gasteiger charge is 2.38. The van der Waals surface area contributed by atoms with Crippen molar-refractivity contribution >= 4 is 52.2 Å². The number of imide groups is 2. The zero-order valence-electron chi connectivity index (χ0n) is 19.3. The Morgan fingerprint density at radius 1 is 1.03 bits per heavy atom. The summed E-state index contributed by atoms with van der Waals surface area (Å²) in [6, 6.07) is 14.1. The van der Waals surface area contributed by atoms with Crippen molar-refractivity contribution in [3.63, 3.8) is 0 Å². The van der Waals surface area contributed by atoms with Gasteiger partial charge in [-0.3, -0.25) is 14.9 Å². The molecule has 1 aromatic heterocycles. The Kier molecular flexibility index (Phi) is 6.60. The second-order valence-corrected chi connectivity index (χ2v) is 9.12. The second kappa shape index (κ2) is 9.46. The number of ether oxygens (including phenoxy) is 1. The predicted molar refractivity (Wildman–Crippen MR) is 139 cm³/mol. The van der Waals surface area contributed by atoms with Crippen LogP contribution in [0.5, 0.6) is 5.75 Å². The summed E-state index contributed by atoms with van der Waals surface area (Å²) in [5, 5.41) is 2.28. The van der Waals surface area contributed by atoms with Crippen LogP contribution >= 0.6 is 22.6 Å². The number of hydrogen-bond acceptors (Lipinski definition) is 4. The molecule has 8 heteroatoms. The van der Waals surface area contributed by atoms with E-state index in [-0.39, 0.29) is 11.3 Å². The van der Waals surface area contributed by atoms with Crippen molar-refractivity contribution in [3.8, 4) is 11.4 Å². The average Bonchev–Trinajstić information content (AvgIpc) is 3.07. The molecule has 0 radical (unpaired) electrons. The van der Waals surface area contributed by atoms with Gasteiger partial charge in [0.1, 0.15) is 11.3 Å². The molecule has 3 aromatic rings. The summed E-state index contributed by atoms with van der Waals surface area (Å²) >= 11 is 2.30. The summed E-state index contributed by atoms with van der Waals surface area (Å²) in [7, 11) is 0. The fourth-order valence-electron chi connectivity index (χ4n) is 4.05. The highest BCUT2D eigenvalue weighted by molar-refractivity contribution is 14.1. The topological polar surface area (TPSA) is 80.6 Å². The number of nitrogens with one attached hydrogen (secondary N) is 1. The van der Waals surface area contributed by atoms with Gasteiger partial charge >= 0.3 is 6.03 Å². The van der Waals surface area contributed by atoms with Gasteiger partial charge in [0.15, 0.2) is 0 Å². The molecule has 0 unspecified atom stereocenters. The van der Waals surface area contributed by atoms with Crippen molar-refractivity contribution in [1.29, 1.82) is 0 Å². The number of rotatable bonds is 5. The fraction of sp³-hybridized carbons (Fsp3) is 0.192. The fourth-order valence-corrected chi connectivity index (χ4v) is 4.39. The molecule has 1 N–H and O–H groups in total. The van der Waals surface area contributed by atoms with Crippen LogP contribution in [0.15, 0.2) is 54.1 Å². The summed E-state index contributed by atoms with van der Waals surface area (Å²) < 4.78 is 8.84. The van der Waals surface area contributed by atoms with Crippen LogP contribution in [0.1, 0.15) is 29.4 Å². The van der Waals surface area contributed by atoms with E-state index in [1.165, 1.54) is 3.57 Å². The highest BCUT2D eigenvalue weighted by atomic mass is 127. The van der Waals surface area contributed by atoms with E-state index in [9.17, 15) is 14.4 Å². The molecule has 1 fully saturated rings. The molecule has 0 saturated carbocycles. The van der Waals surface area contributed by atoms with Crippen molar-refractivity contribution in [2.45, 2.75) is 27.7 Å². The van der Waals surface area contributed by atoms with Gasteiger partial charge in [-0.2, -0.15) is 0 Å². The average molecular weight is 569 g/mol. The molecule has 0 aliphatic carbocycles. The van der Waals surface area contributed by atoms with Crippen LogP contribution in [0.2, 0.25) is 0 Å². The third kappa shape index (κ3) is 4.25. The van der Waals surface area contributed by atoms with E-state index >= 15 is 0 Å². The van der Waals surface area contributed by atoms with Crippen LogP contribution in [0.4, 0.5) is 10.5 Å². The van der Waals surface area contributed by atoms with Crippen LogP contribution in [0.3, 0.4) is 0 Å². The Morgan fingerprint density at radius 3 is 2.47 bits per heavy atom. The number of carbonyl (C=O) groups excluding carboxylic acids is 3. The Bertz CT molecular complexity index is 1360. The number of para-hydroxylation sites is 2. The Labute approximate surface area is 211 Å². The lowest BCUT2D eigenvalue weighted by molar-refractivity contribution is -0.122.